The lowest BCUT2D eigenvalue weighted by molar-refractivity contribution is 0.0491. The zero-order valence-electron chi connectivity index (χ0n) is 10.8. The second-order valence-electron chi connectivity index (χ2n) is 5.10. The quantitative estimate of drug-likeness (QED) is 0.658. The first-order valence-corrected chi connectivity index (χ1v) is 5.59. The lowest BCUT2D eigenvalue weighted by atomic mass is 10.2. The third kappa shape index (κ3) is 9.73. The molecule has 0 unspecified atom stereocenters. The maximum atomic E-state index is 11.2. The molecule has 0 bridgehead atoms. The predicted molar refractivity (Wildman–Crippen MR) is 63.4 cm³/mol. The fourth-order valence-corrected chi connectivity index (χ4v) is 0.959. The van der Waals surface area contributed by atoms with Crippen molar-refractivity contribution in [2.75, 3.05) is 13.1 Å². The molecule has 0 fully saturated rings. The van der Waals surface area contributed by atoms with Crippen molar-refractivity contribution in [2.45, 2.75) is 52.4 Å². The third-order valence-corrected chi connectivity index (χ3v) is 1.64. The maximum absolute atomic E-state index is 11.2. The molecule has 1 atom stereocenters. The number of aliphatic hydroxyl groups excluding tert-OH is 1. The number of hydrogen-bond acceptors (Lipinski definition) is 4. The first-order chi connectivity index (χ1) is 7.20. The van der Waals surface area contributed by atoms with Crippen LogP contribution in [0.15, 0.2) is 0 Å². The Kier molecular flexibility index (Phi) is 6.36. The highest BCUT2D eigenvalue weighted by Crippen LogP contribution is 2.06. The van der Waals surface area contributed by atoms with E-state index < -0.39 is 17.8 Å². The van der Waals surface area contributed by atoms with Gasteiger partial charge in [-0.25, -0.2) is 4.79 Å². The van der Waals surface area contributed by atoms with Gasteiger partial charge in [-0.05, 0) is 20.8 Å². The molecule has 3 N–H and O–H groups in total. The van der Waals surface area contributed by atoms with Crippen LogP contribution in [0, 0.1) is 0 Å². The Morgan fingerprint density at radius 3 is 2.31 bits per heavy atom. The minimum absolute atomic E-state index is 0.189. The summed E-state index contributed by atoms with van der Waals surface area (Å²) in [6, 6.07) is 0.316. The number of hydrogen-bond donors (Lipinski definition) is 3. The largest absolute Gasteiger partial charge is 0.444 e. The van der Waals surface area contributed by atoms with Gasteiger partial charge in [0.1, 0.15) is 5.60 Å². The number of alkyl carbamates (subject to hydrolysis) is 1. The molecule has 96 valence electrons. The van der Waals surface area contributed by atoms with Crippen LogP contribution in [0.5, 0.6) is 0 Å². The molecule has 0 heterocycles. The van der Waals surface area contributed by atoms with E-state index in [-0.39, 0.29) is 6.54 Å². The highest BCUT2D eigenvalue weighted by Gasteiger charge is 2.16. The molecule has 0 saturated heterocycles. The molecule has 0 aliphatic heterocycles. The lowest BCUT2D eigenvalue weighted by Crippen LogP contribution is -2.41. The van der Waals surface area contributed by atoms with E-state index in [1.165, 1.54) is 0 Å². The van der Waals surface area contributed by atoms with Gasteiger partial charge in [0.25, 0.3) is 0 Å². The molecule has 0 saturated carbocycles. The Morgan fingerprint density at radius 2 is 1.88 bits per heavy atom. The van der Waals surface area contributed by atoms with E-state index in [2.05, 4.69) is 10.6 Å². The fraction of sp³-hybridized carbons (Fsp3) is 0.909. The molecule has 0 aromatic rings. The van der Waals surface area contributed by atoms with Crippen LogP contribution in [-0.2, 0) is 4.74 Å². The summed E-state index contributed by atoms with van der Waals surface area (Å²) in [6.07, 6.45) is -1.11. The zero-order chi connectivity index (χ0) is 12.8. The maximum Gasteiger partial charge on any atom is 0.407 e. The molecule has 1 amide bonds. The van der Waals surface area contributed by atoms with Gasteiger partial charge in [-0.2, -0.15) is 0 Å². The van der Waals surface area contributed by atoms with Gasteiger partial charge in [0.15, 0.2) is 0 Å². The van der Waals surface area contributed by atoms with Crippen LogP contribution in [0.3, 0.4) is 0 Å². The summed E-state index contributed by atoms with van der Waals surface area (Å²) < 4.78 is 5.03. The van der Waals surface area contributed by atoms with Gasteiger partial charge in [-0.3, -0.25) is 0 Å². The highest BCUT2D eigenvalue weighted by molar-refractivity contribution is 5.67. The summed E-state index contributed by atoms with van der Waals surface area (Å²) in [6.45, 7) is 10.0. The molecule has 0 aromatic carbocycles. The normalized spacial score (nSPS) is 13.7. The van der Waals surface area contributed by atoms with Crippen LogP contribution in [0.2, 0.25) is 0 Å². The average molecular weight is 232 g/mol. The van der Waals surface area contributed by atoms with Crippen LogP contribution in [0.4, 0.5) is 4.79 Å². The van der Waals surface area contributed by atoms with Crippen LogP contribution < -0.4 is 10.6 Å². The van der Waals surface area contributed by atoms with Crippen LogP contribution in [-0.4, -0.2) is 42.0 Å². The Bertz CT molecular complexity index is 212. The van der Waals surface area contributed by atoms with Crippen molar-refractivity contribution in [3.63, 3.8) is 0 Å². The van der Waals surface area contributed by atoms with Gasteiger partial charge < -0.3 is 20.5 Å². The Morgan fingerprint density at radius 1 is 1.31 bits per heavy atom. The zero-order valence-corrected chi connectivity index (χ0v) is 10.8. The second kappa shape index (κ2) is 6.70. The van der Waals surface area contributed by atoms with Crippen molar-refractivity contribution in [2.24, 2.45) is 0 Å². The molecular formula is C11H24N2O3. The molecule has 0 aliphatic rings. The van der Waals surface area contributed by atoms with Gasteiger partial charge in [-0.15, -0.1) is 0 Å². The number of nitrogens with one attached hydrogen (secondary N) is 2. The summed E-state index contributed by atoms with van der Waals surface area (Å²) in [5.41, 5.74) is -0.509. The molecule has 0 aromatic heterocycles. The fourth-order valence-electron chi connectivity index (χ4n) is 0.959. The molecule has 0 rings (SSSR count). The molecule has 5 heteroatoms. The van der Waals surface area contributed by atoms with E-state index in [1.54, 1.807) is 20.8 Å². The molecule has 5 nitrogen and oxygen atoms in total. The summed E-state index contributed by atoms with van der Waals surface area (Å²) in [4.78, 5) is 11.2. The van der Waals surface area contributed by atoms with Gasteiger partial charge in [-0.1, -0.05) is 13.8 Å². The van der Waals surface area contributed by atoms with E-state index in [4.69, 9.17) is 4.74 Å². The summed E-state index contributed by atoms with van der Waals surface area (Å²) in [7, 11) is 0. The number of ether oxygens (including phenoxy) is 1. The molecular weight excluding hydrogens is 208 g/mol. The monoisotopic (exact) mass is 232 g/mol. The Balaban J connectivity index is 3.67. The number of amides is 1. The minimum atomic E-state index is -0.602. The predicted octanol–water partition coefficient (Wildman–Crippen LogP) is 0.870. The minimum Gasteiger partial charge on any atom is -0.444 e. The Labute approximate surface area is 97.6 Å². The number of carbonyl (C=O) groups excluding carboxylic acids is 1. The third-order valence-electron chi connectivity index (χ3n) is 1.64. The van der Waals surface area contributed by atoms with Crippen molar-refractivity contribution >= 4 is 6.09 Å². The summed E-state index contributed by atoms with van der Waals surface area (Å²) >= 11 is 0. The SMILES string of the molecule is CC(C)NC[C@@H](O)CNC(=O)OC(C)(C)C. The summed E-state index contributed by atoms with van der Waals surface area (Å²) in [5, 5.41) is 15.1. The smallest absolute Gasteiger partial charge is 0.407 e. The van der Waals surface area contributed by atoms with Gasteiger partial charge in [0.2, 0.25) is 0 Å². The van der Waals surface area contributed by atoms with Crippen LogP contribution in [0.25, 0.3) is 0 Å². The van der Waals surface area contributed by atoms with Crippen molar-refractivity contribution in [1.29, 1.82) is 0 Å². The van der Waals surface area contributed by atoms with Gasteiger partial charge >= 0.3 is 6.09 Å². The molecule has 0 spiro atoms. The summed E-state index contributed by atoms with van der Waals surface area (Å²) in [5.74, 6) is 0. The molecule has 16 heavy (non-hydrogen) atoms. The van der Waals surface area contributed by atoms with E-state index in [0.29, 0.717) is 12.6 Å². The number of aliphatic hydroxyl groups is 1. The van der Waals surface area contributed by atoms with Crippen LogP contribution >= 0.6 is 0 Å². The first kappa shape index (κ1) is 15.2. The highest BCUT2D eigenvalue weighted by atomic mass is 16.6. The van der Waals surface area contributed by atoms with Crippen molar-refractivity contribution in [1.82, 2.24) is 10.6 Å². The van der Waals surface area contributed by atoms with Gasteiger partial charge in [0.05, 0.1) is 6.10 Å². The van der Waals surface area contributed by atoms with Gasteiger partial charge in [0, 0.05) is 19.1 Å². The van der Waals surface area contributed by atoms with E-state index in [1.807, 2.05) is 13.8 Å². The van der Waals surface area contributed by atoms with Crippen molar-refractivity contribution < 1.29 is 14.6 Å². The van der Waals surface area contributed by atoms with Crippen LogP contribution in [0.1, 0.15) is 34.6 Å². The van der Waals surface area contributed by atoms with Crippen molar-refractivity contribution in [3.05, 3.63) is 0 Å². The van der Waals surface area contributed by atoms with E-state index >= 15 is 0 Å². The van der Waals surface area contributed by atoms with E-state index in [9.17, 15) is 9.90 Å². The number of rotatable bonds is 5. The lowest BCUT2D eigenvalue weighted by Gasteiger charge is -2.21. The standard InChI is InChI=1S/C11H24N2O3/c1-8(2)12-6-9(14)7-13-10(15)16-11(3,4)5/h8-9,12,14H,6-7H2,1-5H3,(H,13,15)/t9-/m1/s1. The topological polar surface area (TPSA) is 70.6 Å². The number of carbonyl (C=O) groups is 1. The van der Waals surface area contributed by atoms with E-state index in [0.717, 1.165) is 0 Å². The first-order valence-electron chi connectivity index (χ1n) is 5.59. The Hall–Kier alpha value is -0.810. The van der Waals surface area contributed by atoms with Crippen molar-refractivity contribution in [3.8, 4) is 0 Å². The molecule has 0 aliphatic carbocycles. The second-order valence-corrected chi connectivity index (χ2v) is 5.10. The average Bonchev–Trinajstić information content (AvgIpc) is 2.08. The molecule has 0 radical (unpaired) electrons.